The van der Waals surface area contributed by atoms with Gasteiger partial charge in [0.2, 0.25) is 0 Å². The van der Waals surface area contributed by atoms with Crippen LogP contribution in [-0.2, 0) is 26.2 Å². The molecule has 0 fully saturated rings. The Morgan fingerprint density at radius 2 is 1.95 bits per heavy atom. The van der Waals surface area contributed by atoms with E-state index in [2.05, 4.69) is 9.44 Å². The summed E-state index contributed by atoms with van der Waals surface area (Å²) >= 11 is 0. The van der Waals surface area contributed by atoms with Gasteiger partial charge in [-0.25, -0.2) is 0 Å². The van der Waals surface area contributed by atoms with Gasteiger partial charge in [0, 0.05) is 13.7 Å². The van der Waals surface area contributed by atoms with Crippen LogP contribution in [0.25, 0.3) is 0 Å². The summed E-state index contributed by atoms with van der Waals surface area (Å²) in [4.78, 5) is 11.1. The van der Waals surface area contributed by atoms with E-state index in [0.29, 0.717) is 5.56 Å². The molecule has 0 bridgehead atoms. The number of hydrogen-bond donors (Lipinski definition) is 4. The molecule has 0 aliphatic rings. The Bertz CT molecular complexity index is 558. The number of aliphatic carboxylic acids is 1. The summed E-state index contributed by atoms with van der Waals surface area (Å²) in [5, 5.41) is 18.3. The first-order chi connectivity index (χ1) is 9.84. The second-order valence-electron chi connectivity index (χ2n) is 4.27. The quantitative estimate of drug-likeness (QED) is 0.453. The van der Waals surface area contributed by atoms with E-state index in [1.54, 1.807) is 0 Å². The van der Waals surface area contributed by atoms with Crippen molar-refractivity contribution in [2.75, 3.05) is 20.3 Å². The third kappa shape index (κ3) is 6.54. The Labute approximate surface area is 122 Å². The normalized spacial score (nSPS) is 13.0. The standard InChI is InChI=1S/C12H18N2O6S/c1-20-7-6-13-21(18,19)14-11(12(16)17)8-9-2-4-10(15)5-3-9/h2-5,11,13-15H,6-8H2,1H3,(H,16,17). The minimum absolute atomic E-state index is 0.0391. The van der Waals surface area contributed by atoms with Crippen LogP contribution in [0.5, 0.6) is 5.75 Å². The summed E-state index contributed by atoms with van der Waals surface area (Å²) in [5.74, 6) is -1.24. The minimum Gasteiger partial charge on any atom is -0.508 e. The predicted molar refractivity (Wildman–Crippen MR) is 75.2 cm³/mol. The largest absolute Gasteiger partial charge is 0.508 e. The smallest absolute Gasteiger partial charge is 0.322 e. The first-order valence-electron chi connectivity index (χ1n) is 6.10. The molecule has 21 heavy (non-hydrogen) atoms. The highest BCUT2D eigenvalue weighted by Crippen LogP contribution is 2.11. The lowest BCUT2D eigenvalue weighted by molar-refractivity contribution is -0.138. The molecule has 0 saturated carbocycles. The average molecular weight is 318 g/mol. The second kappa shape index (κ2) is 7.93. The van der Waals surface area contributed by atoms with Crippen LogP contribution in [0.4, 0.5) is 0 Å². The molecular weight excluding hydrogens is 300 g/mol. The van der Waals surface area contributed by atoms with E-state index < -0.39 is 22.2 Å². The minimum atomic E-state index is -3.94. The third-order valence-electron chi connectivity index (χ3n) is 2.57. The molecule has 1 unspecified atom stereocenters. The molecule has 0 heterocycles. The fourth-order valence-corrected chi connectivity index (χ4v) is 2.55. The number of carboxylic acids is 1. The molecule has 0 aliphatic carbocycles. The molecule has 1 rings (SSSR count). The maximum Gasteiger partial charge on any atom is 0.322 e. The molecule has 1 aromatic rings. The molecule has 0 aliphatic heterocycles. The van der Waals surface area contributed by atoms with Gasteiger partial charge in [0.25, 0.3) is 10.2 Å². The van der Waals surface area contributed by atoms with Gasteiger partial charge in [-0.2, -0.15) is 17.9 Å². The number of rotatable bonds is 9. The van der Waals surface area contributed by atoms with Crippen molar-refractivity contribution >= 4 is 16.2 Å². The third-order valence-corrected chi connectivity index (χ3v) is 3.75. The van der Waals surface area contributed by atoms with E-state index >= 15 is 0 Å². The Balaban J connectivity index is 2.69. The van der Waals surface area contributed by atoms with Crippen LogP contribution in [0, 0.1) is 0 Å². The maximum atomic E-state index is 11.7. The van der Waals surface area contributed by atoms with Crippen LogP contribution in [0.15, 0.2) is 24.3 Å². The van der Waals surface area contributed by atoms with Crippen molar-refractivity contribution in [1.82, 2.24) is 9.44 Å². The molecule has 118 valence electrons. The number of benzene rings is 1. The molecule has 0 amide bonds. The Morgan fingerprint density at radius 3 is 2.48 bits per heavy atom. The van der Waals surface area contributed by atoms with Gasteiger partial charge in [-0.15, -0.1) is 0 Å². The molecule has 0 spiro atoms. The number of carbonyl (C=O) groups is 1. The lowest BCUT2D eigenvalue weighted by atomic mass is 10.1. The van der Waals surface area contributed by atoms with Crippen LogP contribution in [0.2, 0.25) is 0 Å². The van der Waals surface area contributed by atoms with E-state index in [-0.39, 0.29) is 25.3 Å². The van der Waals surface area contributed by atoms with E-state index in [1.165, 1.54) is 31.4 Å². The fraction of sp³-hybridized carbons (Fsp3) is 0.417. The maximum absolute atomic E-state index is 11.7. The summed E-state index contributed by atoms with van der Waals surface area (Å²) in [7, 11) is -2.51. The molecule has 4 N–H and O–H groups in total. The Kier molecular flexibility index (Phi) is 6.56. The van der Waals surface area contributed by atoms with Crippen molar-refractivity contribution < 1.29 is 28.2 Å². The van der Waals surface area contributed by atoms with Gasteiger partial charge in [0.15, 0.2) is 0 Å². The predicted octanol–water partition coefficient (Wildman–Crippen LogP) is -0.542. The number of phenolic OH excluding ortho intramolecular Hbond substituents is 1. The van der Waals surface area contributed by atoms with Crippen LogP contribution in [0.3, 0.4) is 0 Å². The SMILES string of the molecule is COCCNS(=O)(=O)NC(Cc1ccc(O)cc1)C(=O)O. The van der Waals surface area contributed by atoms with E-state index in [1.807, 2.05) is 0 Å². The Morgan fingerprint density at radius 1 is 1.33 bits per heavy atom. The lowest BCUT2D eigenvalue weighted by Crippen LogP contribution is -2.48. The van der Waals surface area contributed by atoms with Gasteiger partial charge < -0.3 is 14.9 Å². The topological polar surface area (TPSA) is 125 Å². The highest BCUT2D eigenvalue weighted by Gasteiger charge is 2.23. The van der Waals surface area contributed by atoms with E-state index in [4.69, 9.17) is 14.9 Å². The number of phenols is 1. The number of methoxy groups -OCH3 is 1. The van der Waals surface area contributed by atoms with Crippen molar-refractivity contribution in [3.8, 4) is 5.75 Å². The molecule has 1 aromatic carbocycles. The van der Waals surface area contributed by atoms with Gasteiger partial charge >= 0.3 is 5.97 Å². The van der Waals surface area contributed by atoms with Crippen molar-refractivity contribution in [2.24, 2.45) is 0 Å². The number of nitrogens with one attached hydrogen (secondary N) is 2. The molecule has 9 heteroatoms. The van der Waals surface area contributed by atoms with Gasteiger partial charge in [-0.1, -0.05) is 12.1 Å². The first-order valence-corrected chi connectivity index (χ1v) is 7.59. The van der Waals surface area contributed by atoms with Crippen molar-refractivity contribution in [1.29, 1.82) is 0 Å². The number of hydrogen-bond acceptors (Lipinski definition) is 5. The van der Waals surface area contributed by atoms with Gasteiger partial charge in [-0.3, -0.25) is 4.79 Å². The molecule has 0 radical (unpaired) electrons. The molecule has 0 saturated heterocycles. The summed E-state index contributed by atoms with van der Waals surface area (Å²) in [6, 6.07) is 4.55. The average Bonchev–Trinajstić information content (AvgIpc) is 2.40. The molecule has 8 nitrogen and oxygen atoms in total. The van der Waals surface area contributed by atoms with Gasteiger partial charge in [-0.05, 0) is 24.1 Å². The molecule has 1 atom stereocenters. The lowest BCUT2D eigenvalue weighted by Gasteiger charge is -2.15. The molecular formula is C12H18N2O6S. The monoisotopic (exact) mass is 318 g/mol. The van der Waals surface area contributed by atoms with Crippen LogP contribution < -0.4 is 9.44 Å². The first kappa shape index (κ1) is 17.4. The highest BCUT2D eigenvalue weighted by atomic mass is 32.2. The number of ether oxygens (including phenoxy) is 1. The second-order valence-corrected chi connectivity index (χ2v) is 5.80. The van der Waals surface area contributed by atoms with E-state index in [9.17, 15) is 13.2 Å². The van der Waals surface area contributed by atoms with Crippen molar-refractivity contribution in [2.45, 2.75) is 12.5 Å². The van der Waals surface area contributed by atoms with Crippen LogP contribution >= 0.6 is 0 Å². The highest BCUT2D eigenvalue weighted by molar-refractivity contribution is 7.87. The number of aromatic hydroxyl groups is 1. The summed E-state index contributed by atoms with van der Waals surface area (Å²) in [6.45, 7) is 0.216. The Hall–Kier alpha value is -1.68. The van der Waals surface area contributed by atoms with E-state index in [0.717, 1.165) is 0 Å². The summed E-state index contributed by atoms with van der Waals surface area (Å²) < 4.78 is 32.3. The van der Waals surface area contributed by atoms with Crippen molar-refractivity contribution in [3.63, 3.8) is 0 Å². The van der Waals surface area contributed by atoms with Gasteiger partial charge in [0.1, 0.15) is 11.8 Å². The van der Waals surface area contributed by atoms with Crippen LogP contribution in [-0.4, -0.2) is 50.9 Å². The zero-order chi connectivity index (χ0) is 15.9. The fourth-order valence-electron chi connectivity index (χ4n) is 1.55. The van der Waals surface area contributed by atoms with Crippen LogP contribution in [0.1, 0.15) is 5.56 Å². The van der Waals surface area contributed by atoms with Crippen molar-refractivity contribution in [3.05, 3.63) is 29.8 Å². The zero-order valence-electron chi connectivity index (χ0n) is 11.4. The summed E-state index contributed by atoms with van der Waals surface area (Å²) in [6.07, 6.45) is -0.0409. The zero-order valence-corrected chi connectivity index (χ0v) is 12.3. The summed E-state index contributed by atoms with van der Waals surface area (Å²) in [5.41, 5.74) is 0.583. The van der Waals surface area contributed by atoms with Gasteiger partial charge in [0.05, 0.1) is 6.61 Å². The number of carboxylic acid groups (broad SMARTS) is 1. The molecule has 0 aromatic heterocycles.